The van der Waals surface area contributed by atoms with Crippen LogP contribution in [0.15, 0.2) is 48.5 Å². The number of carbonyl (C=O) groups is 4. The van der Waals surface area contributed by atoms with Crippen LogP contribution in [0.2, 0.25) is 0 Å². The van der Waals surface area contributed by atoms with Gasteiger partial charge in [0.1, 0.15) is 0 Å². The van der Waals surface area contributed by atoms with Crippen molar-refractivity contribution in [1.29, 1.82) is 0 Å². The molecule has 1 N–H and O–H groups in total. The zero-order chi connectivity index (χ0) is 23.3. The molecule has 1 atom stereocenters. The molecular formula is C25H28N2O5. The van der Waals surface area contributed by atoms with Crippen molar-refractivity contribution >= 4 is 29.3 Å². The fraction of sp³-hybridized carbons (Fsp3) is 0.360. The molecule has 0 saturated carbocycles. The van der Waals surface area contributed by atoms with Crippen molar-refractivity contribution in [2.24, 2.45) is 5.92 Å². The van der Waals surface area contributed by atoms with Crippen molar-refractivity contribution < 1.29 is 23.9 Å². The van der Waals surface area contributed by atoms with Crippen molar-refractivity contribution in [1.82, 2.24) is 4.90 Å². The number of anilines is 1. The van der Waals surface area contributed by atoms with Gasteiger partial charge in [0.25, 0.3) is 0 Å². The van der Waals surface area contributed by atoms with E-state index < -0.39 is 12.1 Å². The monoisotopic (exact) mass is 436 g/mol. The summed E-state index contributed by atoms with van der Waals surface area (Å²) >= 11 is 0. The second-order valence-electron chi connectivity index (χ2n) is 8.25. The van der Waals surface area contributed by atoms with Crippen LogP contribution < -0.4 is 5.32 Å². The van der Waals surface area contributed by atoms with Crippen LogP contribution in [0.3, 0.4) is 0 Å². The Hall–Kier alpha value is -3.48. The van der Waals surface area contributed by atoms with E-state index in [4.69, 9.17) is 4.74 Å². The lowest BCUT2D eigenvalue weighted by atomic mass is 10.1. The van der Waals surface area contributed by atoms with E-state index in [2.05, 4.69) is 5.32 Å². The lowest BCUT2D eigenvalue weighted by Crippen LogP contribution is -2.25. The van der Waals surface area contributed by atoms with E-state index in [-0.39, 0.29) is 23.5 Å². The maximum absolute atomic E-state index is 12.7. The molecule has 32 heavy (non-hydrogen) atoms. The summed E-state index contributed by atoms with van der Waals surface area (Å²) in [6, 6.07) is 13.4. The molecule has 1 aliphatic rings. The molecule has 0 bridgehead atoms. The van der Waals surface area contributed by atoms with Crippen LogP contribution in [-0.4, -0.2) is 41.1 Å². The van der Waals surface area contributed by atoms with Gasteiger partial charge < -0.3 is 15.0 Å². The maximum atomic E-state index is 12.7. The van der Waals surface area contributed by atoms with Gasteiger partial charge in [-0.05, 0) is 55.3 Å². The third-order valence-corrected chi connectivity index (χ3v) is 5.32. The van der Waals surface area contributed by atoms with E-state index in [9.17, 15) is 19.2 Å². The fourth-order valence-corrected chi connectivity index (χ4v) is 3.41. The number of ether oxygens (including phenoxy) is 1. The van der Waals surface area contributed by atoms with Crippen molar-refractivity contribution in [3.05, 3.63) is 65.2 Å². The minimum absolute atomic E-state index is 0.109. The van der Waals surface area contributed by atoms with Gasteiger partial charge in [0.15, 0.2) is 6.10 Å². The van der Waals surface area contributed by atoms with Gasteiger partial charge in [-0.25, -0.2) is 4.79 Å². The predicted molar refractivity (Wildman–Crippen MR) is 120 cm³/mol. The van der Waals surface area contributed by atoms with E-state index in [1.54, 1.807) is 61.2 Å². The second kappa shape index (κ2) is 10.2. The predicted octanol–water partition coefficient (Wildman–Crippen LogP) is 3.83. The SMILES string of the molecule is CC(C)C(=O)Nc1ccc(C(=O)[C@@H](C)OC(=O)c2cccc(CN3CCCC3=O)c2)cc1. The average molecular weight is 437 g/mol. The molecule has 0 aromatic heterocycles. The standard InChI is InChI=1S/C25H28N2O5/c1-16(2)24(30)26-21-11-9-19(10-12-21)23(29)17(3)32-25(31)20-7-4-6-18(14-20)15-27-13-5-8-22(27)28/h4,6-7,9-12,14,16-17H,5,8,13,15H2,1-3H3,(H,26,30)/t17-/m1/s1. The first-order valence-electron chi connectivity index (χ1n) is 10.8. The molecule has 0 radical (unpaired) electrons. The van der Waals surface area contributed by atoms with Crippen LogP contribution in [0.5, 0.6) is 0 Å². The zero-order valence-electron chi connectivity index (χ0n) is 18.6. The molecular weight excluding hydrogens is 408 g/mol. The van der Waals surface area contributed by atoms with Gasteiger partial charge in [0.2, 0.25) is 17.6 Å². The molecule has 1 heterocycles. The molecule has 0 aliphatic carbocycles. The van der Waals surface area contributed by atoms with Gasteiger partial charge in [0.05, 0.1) is 5.56 Å². The lowest BCUT2D eigenvalue weighted by molar-refractivity contribution is -0.128. The minimum Gasteiger partial charge on any atom is -0.451 e. The molecule has 2 aromatic rings. The summed E-state index contributed by atoms with van der Waals surface area (Å²) < 4.78 is 5.39. The highest BCUT2D eigenvalue weighted by atomic mass is 16.5. The summed E-state index contributed by atoms with van der Waals surface area (Å²) in [6.07, 6.45) is 0.444. The van der Waals surface area contributed by atoms with Gasteiger partial charge >= 0.3 is 5.97 Å². The first kappa shape index (κ1) is 23.2. The molecule has 3 rings (SSSR count). The average Bonchev–Trinajstić information content (AvgIpc) is 3.18. The highest BCUT2D eigenvalue weighted by molar-refractivity contribution is 6.02. The number of esters is 1. The summed E-state index contributed by atoms with van der Waals surface area (Å²) in [5.41, 5.74) is 2.15. The normalized spacial score (nSPS) is 14.4. The maximum Gasteiger partial charge on any atom is 0.338 e. The third-order valence-electron chi connectivity index (χ3n) is 5.32. The smallest absolute Gasteiger partial charge is 0.338 e. The summed E-state index contributed by atoms with van der Waals surface area (Å²) in [7, 11) is 0. The first-order valence-corrected chi connectivity index (χ1v) is 10.8. The number of nitrogens with one attached hydrogen (secondary N) is 1. The Bertz CT molecular complexity index is 1010. The molecule has 7 heteroatoms. The largest absolute Gasteiger partial charge is 0.451 e. The molecule has 2 amide bonds. The van der Waals surface area contributed by atoms with Gasteiger partial charge in [-0.15, -0.1) is 0 Å². The van der Waals surface area contributed by atoms with Crippen LogP contribution in [-0.2, 0) is 20.9 Å². The van der Waals surface area contributed by atoms with Crippen LogP contribution in [0.4, 0.5) is 5.69 Å². The van der Waals surface area contributed by atoms with Crippen molar-refractivity contribution in [3.8, 4) is 0 Å². The molecule has 0 unspecified atom stereocenters. The summed E-state index contributed by atoms with van der Waals surface area (Å²) in [4.78, 5) is 50.6. The van der Waals surface area contributed by atoms with Crippen LogP contribution in [0, 0.1) is 5.92 Å². The molecule has 168 valence electrons. The van der Waals surface area contributed by atoms with E-state index in [1.165, 1.54) is 6.92 Å². The van der Waals surface area contributed by atoms with Crippen LogP contribution in [0.25, 0.3) is 0 Å². The number of nitrogens with zero attached hydrogens (tertiary/aromatic N) is 1. The quantitative estimate of drug-likeness (QED) is 0.501. The number of benzene rings is 2. The van der Waals surface area contributed by atoms with E-state index in [0.717, 1.165) is 18.5 Å². The van der Waals surface area contributed by atoms with Crippen molar-refractivity contribution in [3.63, 3.8) is 0 Å². The number of hydrogen-bond donors (Lipinski definition) is 1. The number of amides is 2. The number of hydrogen-bond acceptors (Lipinski definition) is 5. The third kappa shape index (κ3) is 5.81. The highest BCUT2D eigenvalue weighted by Gasteiger charge is 2.22. The second-order valence-corrected chi connectivity index (χ2v) is 8.25. The Morgan fingerprint density at radius 1 is 1.03 bits per heavy atom. The zero-order valence-corrected chi connectivity index (χ0v) is 18.6. The number of Topliss-reactive ketones (excluding diaryl/α,β-unsaturated/α-hetero) is 1. The fourth-order valence-electron chi connectivity index (χ4n) is 3.41. The van der Waals surface area contributed by atoms with E-state index in [0.29, 0.717) is 29.8 Å². The van der Waals surface area contributed by atoms with Crippen molar-refractivity contribution in [2.75, 3.05) is 11.9 Å². The number of rotatable bonds is 8. The summed E-state index contributed by atoms with van der Waals surface area (Å²) in [6.45, 7) is 6.30. The van der Waals surface area contributed by atoms with Crippen molar-refractivity contribution in [2.45, 2.75) is 46.3 Å². The minimum atomic E-state index is -0.970. The number of carbonyl (C=O) groups excluding carboxylic acids is 4. The summed E-state index contributed by atoms with van der Waals surface area (Å²) in [5, 5.41) is 2.76. The topological polar surface area (TPSA) is 92.8 Å². The van der Waals surface area contributed by atoms with Gasteiger partial charge in [0, 0.05) is 36.7 Å². The molecule has 2 aromatic carbocycles. The first-order chi connectivity index (χ1) is 15.2. The molecule has 7 nitrogen and oxygen atoms in total. The van der Waals surface area contributed by atoms with Crippen LogP contribution in [0.1, 0.15) is 59.9 Å². The Morgan fingerprint density at radius 2 is 1.75 bits per heavy atom. The Labute approximate surface area is 187 Å². The van der Waals surface area contributed by atoms with Gasteiger partial charge in [-0.3, -0.25) is 14.4 Å². The van der Waals surface area contributed by atoms with Crippen LogP contribution >= 0.6 is 0 Å². The number of likely N-dealkylation sites (tertiary alicyclic amines) is 1. The van der Waals surface area contributed by atoms with Gasteiger partial charge in [-0.2, -0.15) is 0 Å². The summed E-state index contributed by atoms with van der Waals surface area (Å²) in [5.74, 6) is -1.07. The van der Waals surface area contributed by atoms with E-state index in [1.807, 2.05) is 6.07 Å². The van der Waals surface area contributed by atoms with E-state index >= 15 is 0 Å². The molecule has 1 aliphatic heterocycles. The molecule has 1 saturated heterocycles. The van der Waals surface area contributed by atoms with Gasteiger partial charge in [-0.1, -0.05) is 26.0 Å². The molecule has 1 fully saturated rings. The Balaban J connectivity index is 1.60. The molecule has 0 spiro atoms. The Morgan fingerprint density at radius 3 is 2.38 bits per heavy atom. The highest BCUT2D eigenvalue weighted by Crippen LogP contribution is 2.17. The number of ketones is 1. The Kier molecular flexibility index (Phi) is 7.41. The lowest BCUT2D eigenvalue weighted by Gasteiger charge is -2.16.